The van der Waals surface area contributed by atoms with E-state index in [2.05, 4.69) is 389 Å². The summed E-state index contributed by atoms with van der Waals surface area (Å²) >= 11 is 0. The minimum Gasteiger partial charge on any atom is -0.309 e. The molecule has 6 heterocycles. The molecular formula is C104H76N4OS. The number of nitrogens with zero attached hydrogens (tertiary/aromatic N) is 4. The van der Waals surface area contributed by atoms with Crippen LogP contribution in [0.3, 0.4) is 0 Å². The number of aryl methyl sites for hydroxylation is 8. The molecule has 20 aromatic rings. The predicted molar refractivity (Wildman–Crippen MR) is 462 cm³/mol. The molecule has 0 bridgehead atoms. The lowest BCUT2D eigenvalue weighted by atomic mass is 9.97. The Kier molecular flexibility index (Phi) is 13.5. The molecule has 16 aromatic carbocycles. The highest BCUT2D eigenvalue weighted by Gasteiger charge is 2.58. The van der Waals surface area contributed by atoms with E-state index in [1.165, 1.54) is 87.6 Å². The Hall–Kier alpha value is -13.1. The summed E-state index contributed by atoms with van der Waals surface area (Å²) < 4.78 is 30.1. The number of aromatic nitrogens is 4. The van der Waals surface area contributed by atoms with Gasteiger partial charge in [0.05, 0.1) is 44.1 Å². The topological polar surface area (TPSA) is 36.8 Å². The number of fused-ring (bicyclic) bond motifs is 22. The number of hydrogen-bond acceptors (Lipinski definition) is 1. The van der Waals surface area contributed by atoms with Crippen molar-refractivity contribution in [2.24, 2.45) is 0 Å². The monoisotopic (exact) mass is 1430 g/mol. The molecule has 6 heteroatoms. The molecular weight excluding hydrogens is 1350 g/mol. The van der Waals surface area contributed by atoms with Crippen LogP contribution in [0.15, 0.2) is 335 Å². The Morgan fingerprint density at radius 1 is 0.182 bits per heavy atom. The summed E-state index contributed by atoms with van der Waals surface area (Å²) in [5, 5.41) is 9.86. The molecule has 0 amide bonds. The van der Waals surface area contributed by atoms with Gasteiger partial charge >= 0.3 is 0 Å². The molecule has 110 heavy (non-hydrogen) atoms. The van der Waals surface area contributed by atoms with Crippen molar-refractivity contribution in [3.63, 3.8) is 0 Å². The molecule has 0 fully saturated rings. The number of rotatable bonds is 8. The van der Waals surface area contributed by atoms with Crippen LogP contribution in [0.4, 0.5) is 0 Å². The molecule has 0 saturated heterocycles. The molecule has 0 radical (unpaired) electrons. The molecule has 22 rings (SSSR count). The maximum absolute atomic E-state index is 20.4. The fourth-order valence-corrected chi connectivity index (χ4v) is 24.3. The molecule has 524 valence electrons. The van der Waals surface area contributed by atoms with Crippen LogP contribution in [0.2, 0.25) is 0 Å². The molecule has 0 atom stereocenters. The van der Waals surface area contributed by atoms with Gasteiger partial charge in [0.15, 0.2) is 0 Å². The van der Waals surface area contributed by atoms with E-state index in [0.29, 0.717) is 0 Å². The van der Waals surface area contributed by atoms with Gasteiger partial charge < -0.3 is 18.3 Å². The third kappa shape index (κ3) is 9.11. The van der Waals surface area contributed by atoms with E-state index in [4.69, 9.17) is 0 Å². The van der Waals surface area contributed by atoms with E-state index in [0.717, 1.165) is 153 Å². The van der Waals surface area contributed by atoms with Crippen molar-refractivity contribution < 1.29 is 4.21 Å². The zero-order valence-electron chi connectivity index (χ0n) is 62.6. The molecule has 1 spiro atoms. The Bertz CT molecular complexity index is 6450. The molecule has 4 aromatic heterocycles. The van der Waals surface area contributed by atoms with Crippen LogP contribution in [-0.4, -0.2) is 22.5 Å². The number of hydrogen-bond donors (Lipinski definition) is 0. The summed E-state index contributed by atoms with van der Waals surface area (Å²) in [6.45, 7) is 17.4. The van der Waals surface area contributed by atoms with Crippen molar-refractivity contribution in [3.05, 3.63) is 360 Å². The second-order valence-corrected chi connectivity index (χ2v) is 35.1. The molecule has 0 N–H and O–H groups in total. The van der Waals surface area contributed by atoms with E-state index >= 15 is 4.21 Å². The first-order valence-corrected chi connectivity index (χ1v) is 40.3. The maximum atomic E-state index is 20.4. The van der Waals surface area contributed by atoms with Crippen molar-refractivity contribution >= 4 is 96.3 Å². The lowest BCUT2D eigenvalue weighted by Gasteiger charge is -2.39. The van der Waals surface area contributed by atoms with Crippen LogP contribution in [0.25, 0.3) is 177 Å². The largest absolute Gasteiger partial charge is 0.309 e. The van der Waals surface area contributed by atoms with Crippen LogP contribution in [0.5, 0.6) is 0 Å². The minimum atomic E-state index is -4.81. The van der Waals surface area contributed by atoms with Crippen LogP contribution in [0.1, 0.15) is 44.5 Å². The summed E-state index contributed by atoms with van der Waals surface area (Å²) in [5.41, 5.74) is 35.3. The van der Waals surface area contributed by atoms with E-state index in [1.807, 2.05) is 0 Å². The normalized spacial score (nSPS) is 13.7. The van der Waals surface area contributed by atoms with Gasteiger partial charge in [-0.25, -0.2) is 0 Å². The third-order valence-corrected chi connectivity index (χ3v) is 28.9. The second-order valence-electron chi connectivity index (χ2n) is 31.5. The molecule has 2 aliphatic rings. The Labute approximate surface area is 638 Å². The van der Waals surface area contributed by atoms with Crippen molar-refractivity contribution in [2.45, 2.75) is 75.0 Å². The maximum Gasteiger partial charge on any atom is 0.0541 e. The number of benzene rings is 16. The van der Waals surface area contributed by atoms with Gasteiger partial charge in [-0.1, -0.05) is 190 Å². The predicted octanol–water partition coefficient (Wildman–Crippen LogP) is 27.5. The van der Waals surface area contributed by atoms with Crippen molar-refractivity contribution in [1.29, 1.82) is 0 Å². The molecule has 0 aliphatic carbocycles. The molecule has 0 saturated carbocycles. The van der Waals surface area contributed by atoms with E-state index in [9.17, 15) is 0 Å². The lowest BCUT2D eigenvalue weighted by molar-refractivity contribution is 0.658. The fourth-order valence-electron chi connectivity index (χ4n) is 19.1. The zero-order chi connectivity index (χ0) is 73.9. The summed E-state index contributed by atoms with van der Waals surface area (Å²) in [6, 6.07) is 118. The van der Waals surface area contributed by atoms with Crippen LogP contribution in [0, 0.1) is 55.4 Å². The Morgan fingerprint density at radius 3 is 0.536 bits per heavy atom. The fraction of sp³-hybridized carbons (Fsp3) is 0.0769. The highest BCUT2D eigenvalue weighted by atomic mass is 32.3. The van der Waals surface area contributed by atoms with Gasteiger partial charge in [-0.3, -0.25) is 4.21 Å². The van der Waals surface area contributed by atoms with Crippen molar-refractivity contribution in [3.8, 4) is 89.5 Å². The molecule has 5 nitrogen and oxygen atoms in total. The first kappa shape index (κ1) is 64.1. The Balaban J connectivity index is 0.801. The van der Waals surface area contributed by atoms with E-state index in [-0.39, 0.29) is 0 Å². The van der Waals surface area contributed by atoms with Crippen LogP contribution < -0.4 is 0 Å². The van der Waals surface area contributed by atoms with Gasteiger partial charge in [-0.15, -0.1) is 0 Å². The standard InChI is InChI=1S/C104H76N4OS/c1-61-21-37-93-85(45-61)86-46-62(2)22-38-94(86)105(93)77-17-9-13-69(53-77)73-29-33-81-82-34-30-74(70-14-10-18-78(54-70)106-95-39-23-63(3)47-87(95)88-48-64(4)24-40-96(88)106)58-102(82)110(109,101(81)57-73)103-59-75(71-15-11-19-79(55-71)107-97-41-25-65(5)49-89(97)90-50-66(6)26-42-98(90)107)31-35-83(103)84-36-32-76(60-104(84)110)72-16-12-20-80(56-72)108-99-43-27-67(7)51-91(99)92-52-68(8)28-44-100(92)108/h9-60H,1-8H3. The summed E-state index contributed by atoms with van der Waals surface area (Å²) in [5.74, 6) is 0. The van der Waals surface area contributed by atoms with Crippen molar-refractivity contribution in [1.82, 2.24) is 18.3 Å². The smallest absolute Gasteiger partial charge is 0.0541 e. The SMILES string of the molecule is Cc1ccc2c(c1)c1cc(C)ccc1n2-c1cccc(-c2ccc3c(c2)S2(=O)(c4cc(-c5cccc(-n6c7ccc(C)cc7c7cc(C)ccc76)c5)ccc4-3)c3cc(-c4cccc(-n5c6ccc(C)cc6c6cc(C)ccc65)c4)ccc3-c3ccc(-c4cccc(-n5c6ccc(C)cc6c6cc(C)ccc65)c4)cc32)c1. The van der Waals surface area contributed by atoms with Gasteiger partial charge in [0, 0.05) is 94.5 Å². The Morgan fingerprint density at radius 2 is 0.355 bits per heavy atom. The van der Waals surface area contributed by atoms with E-state index in [1.54, 1.807) is 0 Å². The second kappa shape index (κ2) is 23.2. The van der Waals surface area contributed by atoms with Gasteiger partial charge in [0.25, 0.3) is 0 Å². The first-order valence-electron chi connectivity index (χ1n) is 38.3. The van der Waals surface area contributed by atoms with E-state index < -0.39 is 9.07 Å². The minimum absolute atomic E-state index is 0.813. The molecule has 2 aliphatic heterocycles. The summed E-state index contributed by atoms with van der Waals surface area (Å²) in [4.78, 5) is 3.25. The average Bonchev–Trinajstić information content (AvgIpc) is 1.47. The van der Waals surface area contributed by atoms with Crippen LogP contribution >= 0.6 is 0 Å². The van der Waals surface area contributed by atoms with Crippen molar-refractivity contribution in [2.75, 3.05) is 0 Å². The average molecular weight is 1430 g/mol. The van der Waals surface area contributed by atoms with Gasteiger partial charge in [0.2, 0.25) is 0 Å². The van der Waals surface area contributed by atoms with Gasteiger partial charge in [0.1, 0.15) is 0 Å². The third-order valence-electron chi connectivity index (χ3n) is 24.2. The lowest BCUT2D eigenvalue weighted by Crippen LogP contribution is -2.30. The van der Waals surface area contributed by atoms with Gasteiger partial charge in [-0.05, 0) is 292 Å². The summed E-state index contributed by atoms with van der Waals surface area (Å²) in [7, 11) is -4.81. The highest BCUT2D eigenvalue weighted by molar-refractivity contribution is 8.21. The highest BCUT2D eigenvalue weighted by Crippen LogP contribution is 2.72. The summed E-state index contributed by atoms with van der Waals surface area (Å²) in [6.07, 6.45) is 0. The van der Waals surface area contributed by atoms with Crippen LogP contribution in [-0.2, 0) is 9.07 Å². The quantitative estimate of drug-likeness (QED) is 0.149. The first-order chi connectivity index (χ1) is 53.6. The van der Waals surface area contributed by atoms with Gasteiger partial charge in [-0.2, -0.15) is 0 Å². The molecule has 0 unspecified atom stereocenters. The zero-order valence-corrected chi connectivity index (χ0v) is 63.4.